The summed E-state index contributed by atoms with van der Waals surface area (Å²) in [7, 11) is 0. The highest BCUT2D eigenvalue weighted by molar-refractivity contribution is 8.14. The lowest BCUT2D eigenvalue weighted by Gasteiger charge is -2.13. The van der Waals surface area contributed by atoms with Crippen LogP contribution in [0.15, 0.2) is 4.99 Å². The largest absolute Gasteiger partial charge is 0.481 e. The number of carboxylic acid groups (broad SMARTS) is 1. The molecule has 0 bridgehead atoms. The van der Waals surface area contributed by atoms with Gasteiger partial charge in [0, 0.05) is 17.9 Å². The standard InChI is InChI=1S/C10H12N2O4S2/c13-7-5-6(17-3-1-8(14)15)9(16)12(7)10-11-2-4-18-10/h6H,1-5H2,(H,14,15). The molecular formula is C10H12N2O4S2. The fourth-order valence-electron chi connectivity index (χ4n) is 1.68. The van der Waals surface area contributed by atoms with Gasteiger partial charge in [0.15, 0.2) is 5.17 Å². The van der Waals surface area contributed by atoms with Crippen LogP contribution in [0.25, 0.3) is 0 Å². The van der Waals surface area contributed by atoms with Gasteiger partial charge in [0.2, 0.25) is 11.8 Å². The lowest BCUT2D eigenvalue weighted by Crippen LogP contribution is -2.34. The zero-order chi connectivity index (χ0) is 13.1. The second-order valence-corrected chi connectivity index (χ2v) is 6.16. The Labute approximate surface area is 112 Å². The summed E-state index contributed by atoms with van der Waals surface area (Å²) in [5.74, 6) is -0.258. The van der Waals surface area contributed by atoms with Gasteiger partial charge in [0.25, 0.3) is 0 Å². The van der Waals surface area contributed by atoms with Gasteiger partial charge in [-0.3, -0.25) is 19.4 Å². The normalized spacial score (nSPS) is 23.7. The monoisotopic (exact) mass is 288 g/mol. The molecule has 98 valence electrons. The summed E-state index contributed by atoms with van der Waals surface area (Å²) >= 11 is 2.64. The third kappa shape index (κ3) is 2.86. The minimum atomic E-state index is -0.896. The molecule has 0 aromatic heterocycles. The fourth-order valence-corrected chi connectivity index (χ4v) is 3.64. The zero-order valence-corrected chi connectivity index (χ0v) is 11.1. The maximum absolute atomic E-state index is 12.0. The molecule has 1 unspecified atom stereocenters. The zero-order valence-electron chi connectivity index (χ0n) is 9.50. The van der Waals surface area contributed by atoms with Crippen molar-refractivity contribution in [1.82, 2.24) is 4.90 Å². The second kappa shape index (κ2) is 5.75. The Morgan fingerprint density at radius 3 is 2.94 bits per heavy atom. The fraction of sp³-hybridized carbons (Fsp3) is 0.600. The van der Waals surface area contributed by atoms with Crippen molar-refractivity contribution in [3.05, 3.63) is 0 Å². The van der Waals surface area contributed by atoms with E-state index in [-0.39, 0.29) is 24.7 Å². The van der Waals surface area contributed by atoms with Gasteiger partial charge in [-0.05, 0) is 0 Å². The van der Waals surface area contributed by atoms with Gasteiger partial charge in [-0.15, -0.1) is 11.8 Å². The number of carbonyl (C=O) groups excluding carboxylic acids is 2. The highest BCUT2D eigenvalue weighted by atomic mass is 32.2. The molecular weight excluding hydrogens is 276 g/mol. The molecule has 8 heteroatoms. The molecule has 1 saturated heterocycles. The Kier molecular flexibility index (Phi) is 4.28. The molecule has 1 fully saturated rings. The number of carboxylic acids is 1. The molecule has 1 N–H and O–H groups in total. The number of nitrogens with zero attached hydrogens (tertiary/aromatic N) is 2. The van der Waals surface area contributed by atoms with Gasteiger partial charge in [-0.2, -0.15) is 0 Å². The van der Waals surface area contributed by atoms with Crippen LogP contribution in [0.5, 0.6) is 0 Å². The molecule has 1 atom stereocenters. The quantitative estimate of drug-likeness (QED) is 0.755. The molecule has 2 rings (SSSR count). The molecule has 0 aromatic rings. The van der Waals surface area contributed by atoms with Gasteiger partial charge in [-0.1, -0.05) is 11.8 Å². The van der Waals surface area contributed by atoms with E-state index in [4.69, 9.17) is 5.11 Å². The number of thioether (sulfide) groups is 2. The number of hydrogen-bond acceptors (Lipinski definition) is 6. The molecule has 0 spiro atoms. The Hall–Kier alpha value is -1.02. The van der Waals surface area contributed by atoms with Crippen LogP contribution < -0.4 is 0 Å². The van der Waals surface area contributed by atoms with E-state index in [1.54, 1.807) is 0 Å². The Bertz CT molecular complexity index is 424. The third-order valence-electron chi connectivity index (χ3n) is 2.50. The number of hydrogen-bond donors (Lipinski definition) is 1. The summed E-state index contributed by atoms with van der Waals surface area (Å²) in [4.78, 5) is 39.4. The summed E-state index contributed by atoms with van der Waals surface area (Å²) in [6.45, 7) is 0.633. The van der Waals surface area contributed by atoms with Gasteiger partial charge in [0.05, 0.1) is 18.2 Å². The predicted octanol–water partition coefficient (Wildman–Crippen LogP) is 0.425. The summed E-state index contributed by atoms with van der Waals surface area (Å²) in [6, 6.07) is 0. The molecule has 0 aromatic carbocycles. The van der Waals surface area contributed by atoms with E-state index in [9.17, 15) is 14.4 Å². The Morgan fingerprint density at radius 2 is 2.33 bits per heavy atom. The van der Waals surface area contributed by atoms with Gasteiger partial charge in [-0.25, -0.2) is 4.90 Å². The predicted molar refractivity (Wildman–Crippen MR) is 69.7 cm³/mol. The van der Waals surface area contributed by atoms with E-state index in [0.717, 1.165) is 10.7 Å². The van der Waals surface area contributed by atoms with Gasteiger partial charge in [0.1, 0.15) is 0 Å². The first-order chi connectivity index (χ1) is 8.59. The summed E-state index contributed by atoms with van der Waals surface area (Å²) in [5, 5.41) is 8.57. The van der Waals surface area contributed by atoms with Crippen LogP contribution in [0.4, 0.5) is 0 Å². The second-order valence-electron chi connectivity index (χ2n) is 3.79. The van der Waals surface area contributed by atoms with E-state index < -0.39 is 11.2 Å². The average molecular weight is 288 g/mol. The number of rotatable bonds is 4. The number of imide groups is 1. The van der Waals surface area contributed by atoms with Crippen molar-refractivity contribution in [2.24, 2.45) is 4.99 Å². The summed E-state index contributed by atoms with van der Waals surface area (Å²) in [6.07, 6.45) is 0.140. The van der Waals surface area contributed by atoms with E-state index in [2.05, 4.69) is 4.99 Å². The van der Waals surface area contributed by atoms with Crippen LogP contribution in [0.1, 0.15) is 12.8 Å². The van der Waals surface area contributed by atoms with Crippen molar-refractivity contribution in [1.29, 1.82) is 0 Å². The van der Waals surface area contributed by atoms with Gasteiger partial charge >= 0.3 is 5.97 Å². The van der Waals surface area contributed by atoms with Crippen molar-refractivity contribution in [2.45, 2.75) is 18.1 Å². The molecule has 0 radical (unpaired) electrons. The topological polar surface area (TPSA) is 87.0 Å². The molecule has 0 aliphatic carbocycles. The third-order valence-corrected chi connectivity index (χ3v) is 4.67. The van der Waals surface area contributed by atoms with E-state index in [0.29, 0.717) is 17.5 Å². The summed E-state index contributed by atoms with van der Waals surface area (Å²) in [5.41, 5.74) is 0. The number of amidine groups is 1. The van der Waals surface area contributed by atoms with Crippen molar-refractivity contribution >= 4 is 46.5 Å². The summed E-state index contributed by atoms with van der Waals surface area (Å²) < 4.78 is 0. The molecule has 2 aliphatic heterocycles. The van der Waals surface area contributed by atoms with E-state index in [1.807, 2.05) is 0 Å². The average Bonchev–Trinajstić information content (AvgIpc) is 2.88. The van der Waals surface area contributed by atoms with Gasteiger partial charge < -0.3 is 5.11 Å². The minimum Gasteiger partial charge on any atom is -0.481 e. The smallest absolute Gasteiger partial charge is 0.304 e. The molecule has 18 heavy (non-hydrogen) atoms. The highest BCUT2D eigenvalue weighted by Gasteiger charge is 2.42. The molecule has 2 amide bonds. The molecule has 2 heterocycles. The maximum Gasteiger partial charge on any atom is 0.304 e. The van der Waals surface area contributed by atoms with Crippen LogP contribution >= 0.6 is 23.5 Å². The van der Waals surface area contributed by atoms with Crippen molar-refractivity contribution < 1.29 is 19.5 Å². The van der Waals surface area contributed by atoms with Crippen LogP contribution in [-0.2, 0) is 14.4 Å². The number of aliphatic imine (C=N–C) groups is 1. The first-order valence-corrected chi connectivity index (χ1v) is 7.50. The number of likely N-dealkylation sites (tertiary alicyclic amines) is 1. The van der Waals surface area contributed by atoms with Crippen LogP contribution in [-0.4, -0.2) is 56.3 Å². The van der Waals surface area contributed by atoms with E-state index in [1.165, 1.54) is 23.5 Å². The Balaban J connectivity index is 1.94. The minimum absolute atomic E-state index is 0.00165. The van der Waals surface area contributed by atoms with Crippen LogP contribution in [0.3, 0.4) is 0 Å². The SMILES string of the molecule is O=C(O)CCSC1CC(=O)N(C2=NCCS2)C1=O. The first kappa shape index (κ1) is 13.4. The molecule has 0 saturated carbocycles. The Morgan fingerprint density at radius 1 is 1.56 bits per heavy atom. The van der Waals surface area contributed by atoms with Crippen LogP contribution in [0, 0.1) is 0 Å². The number of carbonyl (C=O) groups is 3. The van der Waals surface area contributed by atoms with Crippen LogP contribution in [0.2, 0.25) is 0 Å². The van der Waals surface area contributed by atoms with Crippen molar-refractivity contribution in [3.63, 3.8) is 0 Å². The number of aliphatic carboxylic acids is 1. The molecule has 2 aliphatic rings. The maximum atomic E-state index is 12.0. The number of amides is 2. The lowest BCUT2D eigenvalue weighted by atomic mass is 10.4. The molecule has 6 nitrogen and oxygen atoms in total. The van der Waals surface area contributed by atoms with Crippen molar-refractivity contribution in [2.75, 3.05) is 18.1 Å². The van der Waals surface area contributed by atoms with Crippen molar-refractivity contribution in [3.8, 4) is 0 Å². The van der Waals surface area contributed by atoms with E-state index >= 15 is 0 Å². The highest BCUT2D eigenvalue weighted by Crippen LogP contribution is 2.29. The lowest BCUT2D eigenvalue weighted by molar-refractivity contribution is -0.137. The first-order valence-electron chi connectivity index (χ1n) is 5.47.